The number of hydrogen-bond acceptors (Lipinski definition) is 3. The highest BCUT2D eigenvalue weighted by Gasteiger charge is 2.47. The Bertz CT molecular complexity index is 492. The van der Waals surface area contributed by atoms with E-state index >= 15 is 0 Å². The van der Waals surface area contributed by atoms with Crippen molar-refractivity contribution in [2.45, 2.75) is 37.0 Å². The maximum atomic E-state index is 12.4. The molecule has 4 heteroatoms. The van der Waals surface area contributed by atoms with Crippen LogP contribution >= 0.6 is 11.8 Å². The zero-order chi connectivity index (χ0) is 14.2. The predicted molar refractivity (Wildman–Crippen MR) is 86.5 cm³/mol. The normalized spacial score (nSPS) is 21.5. The minimum Gasteiger partial charge on any atom is -0.378 e. The van der Waals surface area contributed by atoms with Crippen molar-refractivity contribution in [3.05, 3.63) is 24.3 Å². The van der Waals surface area contributed by atoms with Crippen molar-refractivity contribution < 1.29 is 4.79 Å². The lowest BCUT2D eigenvalue weighted by Crippen LogP contribution is -2.45. The molecule has 1 saturated carbocycles. The highest BCUT2D eigenvalue weighted by atomic mass is 32.2. The first-order valence-corrected chi connectivity index (χ1v) is 8.35. The Morgan fingerprint density at radius 2 is 1.75 bits per heavy atom. The van der Waals surface area contributed by atoms with E-state index in [1.54, 1.807) is 0 Å². The lowest BCUT2D eigenvalue weighted by molar-refractivity contribution is -0.116. The molecular weight excluding hydrogens is 268 g/mol. The van der Waals surface area contributed by atoms with E-state index in [9.17, 15) is 4.79 Å². The van der Waals surface area contributed by atoms with Gasteiger partial charge in [-0.15, -0.1) is 11.8 Å². The number of nitrogens with zero attached hydrogens (tertiary/aromatic N) is 2. The van der Waals surface area contributed by atoms with Gasteiger partial charge in [0, 0.05) is 25.5 Å². The van der Waals surface area contributed by atoms with Crippen LogP contribution in [0.15, 0.2) is 24.3 Å². The molecule has 1 spiro atoms. The van der Waals surface area contributed by atoms with E-state index in [1.165, 1.54) is 24.9 Å². The number of benzene rings is 1. The first-order valence-electron chi connectivity index (χ1n) is 7.37. The fourth-order valence-electron chi connectivity index (χ4n) is 3.30. The molecule has 0 bridgehead atoms. The van der Waals surface area contributed by atoms with Crippen molar-refractivity contribution in [2.24, 2.45) is 0 Å². The fourth-order valence-corrected chi connectivity index (χ4v) is 4.74. The molecule has 2 aliphatic rings. The molecule has 1 aromatic carbocycles. The standard InChI is InChI=1S/C16H22N2OS/c1-17(2)13-6-8-14(9-7-13)18-15(19)12-20-16(18)10-4-3-5-11-16/h6-9H,3-5,10-12H2,1-2H3. The molecule has 0 atom stereocenters. The van der Waals surface area contributed by atoms with Gasteiger partial charge in [-0.25, -0.2) is 0 Å². The zero-order valence-corrected chi connectivity index (χ0v) is 13.1. The van der Waals surface area contributed by atoms with Gasteiger partial charge in [-0.05, 0) is 37.1 Å². The van der Waals surface area contributed by atoms with Gasteiger partial charge in [0.1, 0.15) is 0 Å². The summed E-state index contributed by atoms with van der Waals surface area (Å²) in [5, 5.41) is 0. The Hall–Kier alpha value is -1.16. The second-order valence-corrected chi connectivity index (χ2v) is 7.27. The summed E-state index contributed by atoms with van der Waals surface area (Å²) in [7, 11) is 4.07. The average molecular weight is 290 g/mol. The number of rotatable bonds is 2. The van der Waals surface area contributed by atoms with Gasteiger partial charge in [0.25, 0.3) is 0 Å². The Morgan fingerprint density at radius 3 is 2.35 bits per heavy atom. The maximum Gasteiger partial charge on any atom is 0.238 e. The molecular formula is C16H22N2OS. The Balaban J connectivity index is 1.91. The number of thioether (sulfide) groups is 1. The predicted octanol–water partition coefficient (Wildman–Crippen LogP) is 3.49. The van der Waals surface area contributed by atoms with Crippen LogP contribution in [0.2, 0.25) is 0 Å². The van der Waals surface area contributed by atoms with Crippen molar-refractivity contribution >= 4 is 29.0 Å². The number of anilines is 2. The van der Waals surface area contributed by atoms with Crippen LogP contribution in [0.25, 0.3) is 0 Å². The Labute approximate surface area is 125 Å². The van der Waals surface area contributed by atoms with Gasteiger partial charge < -0.3 is 4.90 Å². The van der Waals surface area contributed by atoms with Crippen molar-refractivity contribution in [1.82, 2.24) is 0 Å². The van der Waals surface area contributed by atoms with Gasteiger partial charge in [-0.1, -0.05) is 19.3 Å². The van der Waals surface area contributed by atoms with Crippen molar-refractivity contribution in [2.75, 3.05) is 29.6 Å². The number of amides is 1. The third-order valence-electron chi connectivity index (χ3n) is 4.38. The summed E-state index contributed by atoms with van der Waals surface area (Å²) in [4.78, 5) is 16.6. The number of hydrogen-bond donors (Lipinski definition) is 0. The van der Waals surface area contributed by atoms with E-state index in [-0.39, 0.29) is 10.8 Å². The van der Waals surface area contributed by atoms with E-state index in [2.05, 4.69) is 34.1 Å². The molecule has 1 aliphatic carbocycles. The van der Waals surface area contributed by atoms with Crippen molar-refractivity contribution in [3.8, 4) is 0 Å². The van der Waals surface area contributed by atoms with Crippen LogP contribution in [-0.4, -0.2) is 30.6 Å². The summed E-state index contributed by atoms with van der Waals surface area (Å²) in [6, 6.07) is 8.38. The van der Waals surface area contributed by atoms with Gasteiger partial charge >= 0.3 is 0 Å². The minimum atomic E-state index is 0.0367. The second-order valence-electron chi connectivity index (χ2n) is 5.94. The van der Waals surface area contributed by atoms with E-state index < -0.39 is 0 Å². The third-order valence-corrected chi connectivity index (χ3v) is 5.90. The molecule has 1 amide bonds. The maximum absolute atomic E-state index is 12.4. The molecule has 0 radical (unpaired) electrons. The quantitative estimate of drug-likeness (QED) is 0.833. The average Bonchev–Trinajstić information content (AvgIpc) is 2.76. The van der Waals surface area contributed by atoms with Crippen LogP contribution in [0.4, 0.5) is 11.4 Å². The Kier molecular flexibility index (Phi) is 3.67. The molecule has 0 aromatic heterocycles. The first-order chi connectivity index (χ1) is 9.62. The summed E-state index contributed by atoms with van der Waals surface area (Å²) in [5.74, 6) is 0.907. The van der Waals surface area contributed by atoms with Crippen molar-refractivity contribution in [3.63, 3.8) is 0 Å². The van der Waals surface area contributed by atoms with Gasteiger partial charge in [0.15, 0.2) is 0 Å². The summed E-state index contributed by atoms with van der Waals surface area (Å²) >= 11 is 1.85. The first kappa shape index (κ1) is 13.8. The SMILES string of the molecule is CN(C)c1ccc(N2C(=O)CSC23CCCCC3)cc1. The highest BCUT2D eigenvalue weighted by molar-refractivity contribution is 8.02. The smallest absolute Gasteiger partial charge is 0.238 e. The van der Waals surface area contributed by atoms with Gasteiger partial charge in [-0.3, -0.25) is 9.69 Å². The van der Waals surface area contributed by atoms with Crippen LogP contribution < -0.4 is 9.80 Å². The summed E-state index contributed by atoms with van der Waals surface area (Å²) < 4.78 is 0. The number of carbonyl (C=O) groups is 1. The van der Waals surface area contributed by atoms with E-state index in [4.69, 9.17) is 0 Å². The molecule has 108 valence electrons. The number of carbonyl (C=O) groups excluding carboxylic acids is 1. The molecule has 1 aromatic rings. The molecule has 3 rings (SSSR count). The summed E-state index contributed by atoms with van der Waals surface area (Å²) in [6.45, 7) is 0. The molecule has 20 heavy (non-hydrogen) atoms. The zero-order valence-electron chi connectivity index (χ0n) is 12.3. The topological polar surface area (TPSA) is 23.6 Å². The Morgan fingerprint density at radius 1 is 1.10 bits per heavy atom. The molecule has 3 nitrogen and oxygen atoms in total. The fraction of sp³-hybridized carbons (Fsp3) is 0.562. The molecule has 1 aliphatic heterocycles. The summed E-state index contributed by atoms with van der Waals surface area (Å²) in [5.41, 5.74) is 2.23. The van der Waals surface area contributed by atoms with E-state index in [1.807, 2.05) is 25.9 Å². The van der Waals surface area contributed by atoms with E-state index in [0.717, 1.165) is 18.5 Å². The second kappa shape index (κ2) is 5.32. The van der Waals surface area contributed by atoms with Crippen LogP contribution in [0, 0.1) is 0 Å². The van der Waals surface area contributed by atoms with Crippen LogP contribution in [0.3, 0.4) is 0 Å². The molecule has 0 unspecified atom stereocenters. The van der Waals surface area contributed by atoms with Crippen LogP contribution in [-0.2, 0) is 4.79 Å². The van der Waals surface area contributed by atoms with Gasteiger partial charge in [-0.2, -0.15) is 0 Å². The minimum absolute atomic E-state index is 0.0367. The van der Waals surface area contributed by atoms with Gasteiger partial charge in [0.2, 0.25) is 5.91 Å². The molecule has 2 fully saturated rings. The third kappa shape index (κ3) is 2.30. The van der Waals surface area contributed by atoms with Crippen molar-refractivity contribution in [1.29, 1.82) is 0 Å². The van der Waals surface area contributed by atoms with Gasteiger partial charge in [0.05, 0.1) is 10.6 Å². The summed E-state index contributed by atoms with van der Waals surface area (Å²) in [6.07, 6.45) is 6.07. The largest absolute Gasteiger partial charge is 0.378 e. The van der Waals surface area contributed by atoms with Crippen LogP contribution in [0.1, 0.15) is 32.1 Å². The van der Waals surface area contributed by atoms with Crippen LogP contribution in [0.5, 0.6) is 0 Å². The molecule has 0 N–H and O–H groups in total. The highest BCUT2D eigenvalue weighted by Crippen LogP contribution is 2.49. The lowest BCUT2D eigenvalue weighted by Gasteiger charge is -2.40. The monoisotopic (exact) mass is 290 g/mol. The van der Waals surface area contributed by atoms with E-state index in [0.29, 0.717) is 5.75 Å². The molecule has 1 saturated heterocycles. The lowest BCUT2D eigenvalue weighted by atomic mass is 9.93. The molecule has 1 heterocycles.